The van der Waals surface area contributed by atoms with Gasteiger partial charge < -0.3 is 5.11 Å². The van der Waals surface area contributed by atoms with Crippen LogP contribution in [0, 0.1) is 0 Å². The topological polar surface area (TPSA) is 33.1 Å². The molecule has 1 heterocycles. The summed E-state index contributed by atoms with van der Waals surface area (Å²) in [5.74, 6) is 0. The Bertz CT molecular complexity index is 464. The third-order valence-corrected chi connectivity index (χ3v) is 3.52. The van der Waals surface area contributed by atoms with E-state index in [1.54, 1.807) is 24.4 Å². The summed E-state index contributed by atoms with van der Waals surface area (Å²) in [7, 11) is 0. The first kappa shape index (κ1) is 10.9. The Morgan fingerprint density at radius 1 is 1.27 bits per heavy atom. The van der Waals surface area contributed by atoms with E-state index in [0.717, 1.165) is 15.4 Å². The molecule has 5 heteroatoms. The van der Waals surface area contributed by atoms with Gasteiger partial charge in [-0.2, -0.15) is 0 Å². The smallest absolute Gasteiger partial charge is 0.126 e. The third kappa shape index (κ3) is 2.16. The molecule has 0 aliphatic heterocycles. The van der Waals surface area contributed by atoms with Crippen molar-refractivity contribution in [2.75, 3.05) is 0 Å². The normalized spacial score (nSPS) is 10.6. The van der Waals surface area contributed by atoms with Crippen LogP contribution in [0.1, 0.15) is 4.88 Å². The second kappa shape index (κ2) is 4.49. The maximum absolute atomic E-state index is 8.94. The summed E-state index contributed by atoms with van der Waals surface area (Å²) in [5, 5.41) is 10.8. The number of nitrogens with zero attached hydrogens (tertiary/aromatic N) is 1. The molecule has 0 aliphatic carbocycles. The molecule has 0 bridgehead atoms. The number of benzene rings is 1. The van der Waals surface area contributed by atoms with Crippen molar-refractivity contribution in [3.63, 3.8) is 0 Å². The Hall–Kier alpha value is -0.610. The van der Waals surface area contributed by atoms with Crippen LogP contribution in [-0.4, -0.2) is 10.1 Å². The van der Waals surface area contributed by atoms with Gasteiger partial charge in [-0.25, -0.2) is 4.98 Å². The van der Waals surface area contributed by atoms with Gasteiger partial charge in [-0.15, -0.1) is 11.3 Å². The predicted octanol–water partition coefficient (Wildman–Crippen LogP) is 3.61. The Balaban J connectivity index is 2.53. The van der Waals surface area contributed by atoms with Crippen LogP contribution in [0.3, 0.4) is 0 Å². The first-order chi connectivity index (χ1) is 7.22. The van der Waals surface area contributed by atoms with Crippen LogP contribution in [0.4, 0.5) is 0 Å². The minimum Gasteiger partial charge on any atom is -0.391 e. The number of aromatic nitrogens is 1. The fourth-order valence-corrected chi connectivity index (χ4v) is 2.73. The number of halogens is 2. The summed E-state index contributed by atoms with van der Waals surface area (Å²) in [6, 6.07) is 5.32. The summed E-state index contributed by atoms with van der Waals surface area (Å²) in [4.78, 5) is 4.96. The van der Waals surface area contributed by atoms with Gasteiger partial charge >= 0.3 is 0 Å². The summed E-state index contributed by atoms with van der Waals surface area (Å²) in [6.45, 7) is -0.0141. The third-order valence-electron chi connectivity index (χ3n) is 1.89. The van der Waals surface area contributed by atoms with E-state index in [-0.39, 0.29) is 6.61 Å². The monoisotopic (exact) mass is 259 g/mol. The molecule has 1 aromatic carbocycles. The maximum atomic E-state index is 8.94. The quantitative estimate of drug-likeness (QED) is 0.894. The summed E-state index contributed by atoms with van der Waals surface area (Å²) < 4.78 is 0. The van der Waals surface area contributed by atoms with E-state index < -0.39 is 0 Å². The molecular weight excluding hydrogens is 253 g/mol. The lowest BCUT2D eigenvalue weighted by Gasteiger charge is -2.02. The number of aliphatic hydroxyl groups excluding tert-OH is 1. The number of hydrogen-bond acceptors (Lipinski definition) is 3. The van der Waals surface area contributed by atoms with Crippen molar-refractivity contribution >= 4 is 34.5 Å². The van der Waals surface area contributed by atoms with Crippen molar-refractivity contribution < 1.29 is 5.11 Å². The molecule has 0 aliphatic rings. The Labute approximate surface area is 101 Å². The van der Waals surface area contributed by atoms with Crippen LogP contribution < -0.4 is 0 Å². The molecule has 0 radical (unpaired) electrons. The summed E-state index contributed by atoms with van der Waals surface area (Å²) in [6.07, 6.45) is 1.62. The second-order valence-corrected chi connectivity index (χ2v) is 4.82. The SMILES string of the molecule is OCc1cnc(-c2c(Cl)cccc2Cl)s1. The molecule has 1 aromatic heterocycles. The molecule has 2 aromatic rings. The lowest BCUT2D eigenvalue weighted by molar-refractivity contribution is 0.285. The van der Waals surface area contributed by atoms with E-state index in [1.807, 2.05) is 0 Å². The zero-order chi connectivity index (χ0) is 10.8. The molecule has 2 nitrogen and oxygen atoms in total. The van der Waals surface area contributed by atoms with Crippen molar-refractivity contribution in [3.8, 4) is 10.6 Å². The van der Waals surface area contributed by atoms with E-state index in [0.29, 0.717) is 10.0 Å². The molecule has 0 spiro atoms. The number of hydrogen-bond donors (Lipinski definition) is 1. The van der Waals surface area contributed by atoms with Gasteiger partial charge in [0.1, 0.15) is 5.01 Å². The van der Waals surface area contributed by atoms with Crippen LogP contribution in [0.25, 0.3) is 10.6 Å². The van der Waals surface area contributed by atoms with Crippen LogP contribution in [0.2, 0.25) is 10.0 Å². The predicted molar refractivity (Wildman–Crippen MR) is 63.5 cm³/mol. The van der Waals surface area contributed by atoms with Crippen molar-refractivity contribution in [2.24, 2.45) is 0 Å². The molecule has 0 amide bonds. The van der Waals surface area contributed by atoms with Gasteiger partial charge in [0.15, 0.2) is 0 Å². The molecule has 0 atom stereocenters. The number of thiazole rings is 1. The average Bonchev–Trinajstić information content (AvgIpc) is 2.66. The Kier molecular flexibility index (Phi) is 3.26. The highest BCUT2D eigenvalue weighted by atomic mass is 35.5. The van der Waals surface area contributed by atoms with Crippen LogP contribution in [-0.2, 0) is 6.61 Å². The largest absolute Gasteiger partial charge is 0.391 e. The van der Waals surface area contributed by atoms with E-state index in [1.165, 1.54) is 11.3 Å². The van der Waals surface area contributed by atoms with Gasteiger partial charge in [0.05, 0.1) is 21.5 Å². The zero-order valence-electron chi connectivity index (χ0n) is 7.58. The maximum Gasteiger partial charge on any atom is 0.126 e. The Morgan fingerprint density at radius 3 is 2.47 bits per heavy atom. The zero-order valence-corrected chi connectivity index (χ0v) is 9.90. The van der Waals surface area contributed by atoms with Crippen molar-refractivity contribution in [2.45, 2.75) is 6.61 Å². The molecule has 0 saturated carbocycles. The van der Waals surface area contributed by atoms with Gasteiger partial charge in [-0.1, -0.05) is 29.3 Å². The first-order valence-corrected chi connectivity index (χ1v) is 5.79. The fourth-order valence-electron chi connectivity index (χ4n) is 1.20. The van der Waals surface area contributed by atoms with Crippen molar-refractivity contribution in [1.82, 2.24) is 4.98 Å². The highest BCUT2D eigenvalue weighted by Crippen LogP contribution is 2.36. The van der Waals surface area contributed by atoms with Crippen LogP contribution in [0.5, 0.6) is 0 Å². The Morgan fingerprint density at radius 2 is 1.93 bits per heavy atom. The van der Waals surface area contributed by atoms with E-state index >= 15 is 0 Å². The lowest BCUT2D eigenvalue weighted by Crippen LogP contribution is -1.79. The van der Waals surface area contributed by atoms with Gasteiger partial charge in [-0.05, 0) is 12.1 Å². The minimum atomic E-state index is -0.0141. The molecular formula is C10H7Cl2NOS. The van der Waals surface area contributed by atoms with Gasteiger partial charge in [-0.3, -0.25) is 0 Å². The molecule has 1 N–H and O–H groups in total. The number of aliphatic hydroxyl groups is 1. The highest BCUT2D eigenvalue weighted by Gasteiger charge is 2.11. The van der Waals surface area contributed by atoms with Crippen LogP contribution in [0.15, 0.2) is 24.4 Å². The second-order valence-electron chi connectivity index (χ2n) is 2.89. The van der Waals surface area contributed by atoms with E-state index in [4.69, 9.17) is 28.3 Å². The molecule has 2 rings (SSSR count). The fraction of sp³-hybridized carbons (Fsp3) is 0.100. The van der Waals surface area contributed by atoms with Crippen molar-refractivity contribution in [3.05, 3.63) is 39.3 Å². The molecule has 15 heavy (non-hydrogen) atoms. The molecule has 0 fully saturated rings. The van der Waals surface area contributed by atoms with E-state index in [2.05, 4.69) is 4.98 Å². The first-order valence-electron chi connectivity index (χ1n) is 4.22. The lowest BCUT2D eigenvalue weighted by atomic mass is 10.2. The summed E-state index contributed by atoms with van der Waals surface area (Å²) in [5.41, 5.74) is 0.727. The van der Waals surface area contributed by atoms with Gasteiger partial charge in [0, 0.05) is 11.8 Å². The van der Waals surface area contributed by atoms with E-state index in [9.17, 15) is 0 Å². The van der Waals surface area contributed by atoms with Gasteiger partial charge in [0.25, 0.3) is 0 Å². The summed E-state index contributed by atoms with van der Waals surface area (Å²) >= 11 is 13.5. The minimum absolute atomic E-state index is 0.0141. The molecule has 0 saturated heterocycles. The molecule has 0 unspecified atom stereocenters. The van der Waals surface area contributed by atoms with Crippen molar-refractivity contribution in [1.29, 1.82) is 0 Å². The highest BCUT2D eigenvalue weighted by molar-refractivity contribution is 7.15. The number of rotatable bonds is 2. The molecule has 78 valence electrons. The van der Waals surface area contributed by atoms with Gasteiger partial charge in [0.2, 0.25) is 0 Å². The standard InChI is InChI=1S/C10H7Cl2NOS/c11-7-2-1-3-8(12)9(7)10-13-4-6(5-14)15-10/h1-4,14H,5H2. The van der Waals surface area contributed by atoms with Crippen LogP contribution >= 0.6 is 34.5 Å². The average molecular weight is 260 g/mol.